The maximum absolute atomic E-state index is 12.7. The molecule has 0 spiro atoms. The Morgan fingerprint density at radius 2 is 1.93 bits per heavy atom. The van der Waals surface area contributed by atoms with E-state index in [1.807, 2.05) is 66.7 Å². The highest BCUT2D eigenvalue weighted by molar-refractivity contribution is 6.06. The standard InChI is InChI=1S/C24H21N3O3/c1-17-24(29)27(21-10-2-3-11-22(21)30-17)16-23(28)26-20-9-6-7-18(15-20)12-13-19-8-4-5-14-25-19/h2-15,17H,16H2,1H3,(H,26,28)/b13-12+. The largest absolute Gasteiger partial charge is 0.479 e. The van der Waals surface area contributed by atoms with E-state index in [0.29, 0.717) is 17.1 Å². The molecule has 0 bridgehead atoms. The van der Waals surface area contributed by atoms with Crippen LogP contribution >= 0.6 is 0 Å². The lowest BCUT2D eigenvalue weighted by Gasteiger charge is -2.32. The summed E-state index contributed by atoms with van der Waals surface area (Å²) in [5, 5.41) is 2.87. The molecule has 30 heavy (non-hydrogen) atoms. The molecule has 1 atom stereocenters. The first-order valence-electron chi connectivity index (χ1n) is 9.66. The molecule has 4 rings (SSSR count). The second-order valence-electron chi connectivity index (χ2n) is 6.91. The molecule has 2 heterocycles. The number of pyridine rings is 1. The van der Waals surface area contributed by atoms with Gasteiger partial charge in [0.15, 0.2) is 6.10 Å². The Kier molecular flexibility index (Phi) is 5.57. The van der Waals surface area contributed by atoms with E-state index in [-0.39, 0.29) is 18.4 Å². The van der Waals surface area contributed by atoms with Crippen molar-refractivity contribution in [3.8, 4) is 5.75 Å². The van der Waals surface area contributed by atoms with Gasteiger partial charge in [-0.3, -0.25) is 19.5 Å². The molecule has 2 amide bonds. The quantitative estimate of drug-likeness (QED) is 0.704. The molecule has 150 valence electrons. The minimum Gasteiger partial charge on any atom is -0.479 e. The maximum atomic E-state index is 12.7. The number of ether oxygens (including phenoxy) is 1. The minimum atomic E-state index is -0.632. The Balaban J connectivity index is 1.46. The molecule has 0 saturated heterocycles. The summed E-state index contributed by atoms with van der Waals surface area (Å²) in [6.45, 7) is 1.60. The Bertz CT molecular complexity index is 1100. The van der Waals surface area contributed by atoms with Crippen molar-refractivity contribution in [3.05, 3.63) is 84.2 Å². The molecule has 6 heteroatoms. The molecule has 0 saturated carbocycles. The van der Waals surface area contributed by atoms with Gasteiger partial charge in [0.1, 0.15) is 12.3 Å². The lowest BCUT2D eigenvalue weighted by Crippen LogP contribution is -2.47. The summed E-state index contributed by atoms with van der Waals surface area (Å²) in [6.07, 6.45) is 4.95. The average molecular weight is 399 g/mol. The number of fused-ring (bicyclic) bond motifs is 1. The second kappa shape index (κ2) is 8.61. The normalized spacial score (nSPS) is 15.6. The van der Waals surface area contributed by atoms with Gasteiger partial charge in [0, 0.05) is 11.9 Å². The third-order valence-corrected chi connectivity index (χ3v) is 4.68. The summed E-state index contributed by atoms with van der Waals surface area (Å²) in [5.41, 5.74) is 3.04. The van der Waals surface area contributed by atoms with Crippen LogP contribution in [0.1, 0.15) is 18.2 Å². The number of amides is 2. The second-order valence-corrected chi connectivity index (χ2v) is 6.91. The van der Waals surface area contributed by atoms with E-state index in [9.17, 15) is 9.59 Å². The van der Waals surface area contributed by atoms with Crippen LogP contribution in [0.2, 0.25) is 0 Å². The maximum Gasteiger partial charge on any atom is 0.268 e. The summed E-state index contributed by atoms with van der Waals surface area (Å²) in [6, 6.07) is 20.4. The van der Waals surface area contributed by atoms with Crippen LogP contribution in [0.3, 0.4) is 0 Å². The van der Waals surface area contributed by atoms with Crippen molar-refractivity contribution >= 4 is 35.3 Å². The van der Waals surface area contributed by atoms with Crippen LogP contribution in [0.15, 0.2) is 72.9 Å². The van der Waals surface area contributed by atoms with Gasteiger partial charge in [-0.15, -0.1) is 0 Å². The van der Waals surface area contributed by atoms with E-state index < -0.39 is 6.10 Å². The van der Waals surface area contributed by atoms with Crippen LogP contribution in [0.4, 0.5) is 11.4 Å². The highest BCUT2D eigenvalue weighted by atomic mass is 16.5. The van der Waals surface area contributed by atoms with Crippen LogP contribution in [-0.4, -0.2) is 29.4 Å². The highest BCUT2D eigenvalue weighted by Gasteiger charge is 2.32. The van der Waals surface area contributed by atoms with Crippen LogP contribution in [0.25, 0.3) is 12.2 Å². The number of benzene rings is 2. The summed E-state index contributed by atoms with van der Waals surface area (Å²) in [4.78, 5) is 30.9. The van der Waals surface area contributed by atoms with Gasteiger partial charge in [0.2, 0.25) is 5.91 Å². The van der Waals surface area contributed by atoms with E-state index in [1.165, 1.54) is 4.90 Å². The van der Waals surface area contributed by atoms with Crippen molar-refractivity contribution in [2.45, 2.75) is 13.0 Å². The first kappa shape index (κ1) is 19.4. The Labute approximate surface area is 174 Å². The third-order valence-electron chi connectivity index (χ3n) is 4.68. The van der Waals surface area contributed by atoms with Crippen molar-refractivity contribution in [1.82, 2.24) is 4.98 Å². The number of nitrogens with one attached hydrogen (secondary N) is 1. The summed E-state index contributed by atoms with van der Waals surface area (Å²) in [7, 11) is 0. The first-order valence-corrected chi connectivity index (χ1v) is 9.66. The lowest BCUT2D eigenvalue weighted by atomic mass is 10.1. The number of carbonyl (C=O) groups is 2. The molecule has 1 aliphatic rings. The lowest BCUT2D eigenvalue weighted by molar-refractivity contribution is -0.127. The number of rotatable bonds is 5. The van der Waals surface area contributed by atoms with E-state index >= 15 is 0 Å². The van der Waals surface area contributed by atoms with Crippen molar-refractivity contribution in [2.24, 2.45) is 0 Å². The summed E-state index contributed by atoms with van der Waals surface area (Å²) >= 11 is 0. The van der Waals surface area contributed by atoms with Gasteiger partial charge in [-0.1, -0.05) is 36.4 Å². The number of carbonyl (C=O) groups excluding carboxylic acids is 2. The van der Waals surface area contributed by atoms with Gasteiger partial charge in [-0.25, -0.2) is 0 Å². The molecule has 0 radical (unpaired) electrons. The van der Waals surface area contributed by atoms with Gasteiger partial charge >= 0.3 is 0 Å². The number of anilines is 2. The Hall–Kier alpha value is -3.93. The summed E-state index contributed by atoms with van der Waals surface area (Å²) in [5.74, 6) is 0.0769. The molecule has 1 unspecified atom stereocenters. The van der Waals surface area contributed by atoms with Gasteiger partial charge in [0.25, 0.3) is 5.91 Å². The zero-order valence-corrected chi connectivity index (χ0v) is 16.5. The van der Waals surface area contributed by atoms with E-state index in [0.717, 1.165) is 11.3 Å². The smallest absolute Gasteiger partial charge is 0.268 e. The molecule has 1 N–H and O–H groups in total. The minimum absolute atomic E-state index is 0.0858. The highest BCUT2D eigenvalue weighted by Crippen LogP contribution is 2.33. The van der Waals surface area contributed by atoms with Crippen molar-refractivity contribution in [3.63, 3.8) is 0 Å². The van der Waals surface area contributed by atoms with Gasteiger partial charge in [-0.2, -0.15) is 0 Å². The van der Waals surface area contributed by atoms with Crippen molar-refractivity contribution < 1.29 is 14.3 Å². The van der Waals surface area contributed by atoms with E-state index in [1.54, 1.807) is 25.3 Å². The van der Waals surface area contributed by atoms with Gasteiger partial charge < -0.3 is 10.1 Å². The third kappa shape index (κ3) is 4.38. The van der Waals surface area contributed by atoms with Crippen LogP contribution in [-0.2, 0) is 9.59 Å². The molecule has 1 aromatic heterocycles. The molecular formula is C24H21N3O3. The zero-order valence-electron chi connectivity index (χ0n) is 16.5. The summed E-state index contributed by atoms with van der Waals surface area (Å²) < 4.78 is 5.62. The monoisotopic (exact) mass is 399 g/mol. The molecule has 2 aromatic carbocycles. The fourth-order valence-corrected chi connectivity index (χ4v) is 3.24. The predicted octanol–water partition coefficient (Wildman–Crippen LogP) is 4.00. The van der Waals surface area contributed by atoms with Crippen LogP contribution < -0.4 is 15.0 Å². The number of aromatic nitrogens is 1. The van der Waals surface area contributed by atoms with Crippen molar-refractivity contribution in [1.29, 1.82) is 0 Å². The van der Waals surface area contributed by atoms with E-state index in [2.05, 4.69) is 10.3 Å². The number of hydrogen-bond donors (Lipinski definition) is 1. The predicted molar refractivity (Wildman–Crippen MR) is 117 cm³/mol. The topological polar surface area (TPSA) is 71.5 Å². The van der Waals surface area contributed by atoms with Gasteiger partial charge in [-0.05, 0) is 55.0 Å². The number of hydrogen-bond acceptors (Lipinski definition) is 4. The number of para-hydroxylation sites is 2. The molecule has 0 aliphatic carbocycles. The number of nitrogens with zero attached hydrogens (tertiary/aromatic N) is 2. The molecular weight excluding hydrogens is 378 g/mol. The van der Waals surface area contributed by atoms with Crippen LogP contribution in [0, 0.1) is 0 Å². The van der Waals surface area contributed by atoms with E-state index in [4.69, 9.17) is 4.74 Å². The molecule has 3 aromatic rings. The Morgan fingerprint density at radius 1 is 1.10 bits per heavy atom. The van der Waals surface area contributed by atoms with Gasteiger partial charge in [0.05, 0.1) is 11.4 Å². The molecule has 1 aliphatic heterocycles. The SMILES string of the molecule is CC1Oc2ccccc2N(CC(=O)Nc2cccc(/C=C/c3ccccn3)c2)C1=O. The molecule has 6 nitrogen and oxygen atoms in total. The fourth-order valence-electron chi connectivity index (χ4n) is 3.24. The van der Waals surface area contributed by atoms with Crippen molar-refractivity contribution in [2.75, 3.05) is 16.8 Å². The average Bonchev–Trinajstić information content (AvgIpc) is 2.76. The fraction of sp³-hybridized carbons (Fsp3) is 0.125. The first-order chi connectivity index (χ1) is 14.6. The zero-order chi connectivity index (χ0) is 20.9. The Morgan fingerprint density at radius 3 is 2.77 bits per heavy atom. The van der Waals surface area contributed by atoms with Crippen LogP contribution in [0.5, 0.6) is 5.75 Å². The molecule has 0 fully saturated rings.